The van der Waals surface area contributed by atoms with Crippen molar-refractivity contribution >= 4 is 11.9 Å². The topological polar surface area (TPSA) is 119 Å². The zero-order valence-corrected chi connectivity index (χ0v) is 11.1. The van der Waals surface area contributed by atoms with Crippen molar-refractivity contribution in [3.63, 3.8) is 0 Å². The zero-order valence-electron chi connectivity index (χ0n) is 11.1. The van der Waals surface area contributed by atoms with Gasteiger partial charge in [-0.3, -0.25) is 4.79 Å². The highest BCUT2D eigenvalue weighted by molar-refractivity contribution is 6.00. The van der Waals surface area contributed by atoms with E-state index in [1.165, 1.54) is 11.2 Å². The summed E-state index contributed by atoms with van der Waals surface area (Å²) in [5.41, 5.74) is 0. The second kappa shape index (κ2) is 5.20. The minimum atomic E-state index is -1.39. The molecule has 0 bridgehead atoms. The number of nitrogens with zero attached hydrogens (tertiary/aromatic N) is 2. The molecule has 0 spiro atoms. The predicted molar refractivity (Wildman–Crippen MR) is 64.4 cm³/mol. The molecule has 2 aliphatic heterocycles. The summed E-state index contributed by atoms with van der Waals surface area (Å²) in [6.45, 7) is -0.494. The highest BCUT2D eigenvalue weighted by Crippen LogP contribution is 2.32. The number of quaternary nitrogens is 1. The standard InChI is InChI=1S/C11H17N3O6/c1-13(2)14(4-3-7(16)12-11(14)19)10-9(18)8(17)6(5-15)20-10/h3-4,6,8-10,15,17-18H,5H2,1-2H3/p+1/t6-,8-,9-,10-,14?/m1/s1. The van der Waals surface area contributed by atoms with Gasteiger partial charge in [0, 0.05) is 14.1 Å². The average molecular weight is 288 g/mol. The van der Waals surface area contributed by atoms with Crippen LogP contribution in [0.5, 0.6) is 0 Å². The fourth-order valence-corrected chi connectivity index (χ4v) is 2.43. The Morgan fingerprint density at radius 1 is 1.35 bits per heavy atom. The van der Waals surface area contributed by atoms with Gasteiger partial charge in [-0.1, -0.05) is 0 Å². The number of carbonyl (C=O) groups is 2. The number of amides is 3. The molecule has 3 amide bonds. The van der Waals surface area contributed by atoms with Crippen molar-refractivity contribution in [3.8, 4) is 0 Å². The van der Waals surface area contributed by atoms with Crippen molar-refractivity contribution in [1.82, 2.24) is 10.3 Å². The smallest absolute Gasteiger partial charge is 0.394 e. The molecule has 20 heavy (non-hydrogen) atoms. The number of hydrogen-bond donors (Lipinski definition) is 4. The largest absolute Gasteiger partial charge is 0.450 e. The van der Waals surface area contributed by atoms with Crippen LogP contribution in [-0.4, -0.2) is 82.1 Å². The van der Waals surface area contributed by atoms with E-state index in [2.05, 4.69) is 5.32 Å². The molecule has 2 heterocycles. The molecule has 2 aliphatic rings. The van der Waals surface area contributed by atoms with E-state index < -0.39 is 47.7 Å². The van der Waals surface area contributed by atoms with Crippen molar-refractivity contribution in [1.29, 1.82) is 0 Å². The molecule has 2 rings (SSSR count). The normalized spacial score (nSPS) is 41.3. The Morgan fingerprint density at radius 3 is 2.45 bits per heavy atom. The maximum absolute atomic E-state index is 12.2. The monoisotopic (exact) mass is 288 g/mol. The van der Waals surface area contributed by atoms with Gasteiger partial charge in [0.1, 0.15) is 18.4 Å². The van der Waals surface area contributed by atoms with Crippen molar-refractivity contribution in [2.75, 3.05) is 20.7 Å². The predicted octanol–water partition coefficient (Wildman–Crippen LogP) is -2.52. The number of carbonyl (C=O) groups excluding carboxylic acids is 2. The summed E-state index contributed by atoms with van der Waals surface area (Å²) in [5.74, 6) is -0.572. The van der Waals surface area contributed by atoms with E-state index in [0.717, 1.165) is 6.08 Å². The third-order valence-corrected chi connectivity index (χ3v) is 3.58. The summed E-state index contributed by atoms with van der Waals surface area (Å²) >= 11 is 0. The first-order valence-corrected chi connectivity index (χ1v) is 6.08. The number of aliphatic hydroxyl groups is 3. The van der Waals surface area contributed by atoms with Crippen LogP contribution in [0.2, 0.25) is 0 Å². The van der Waals surface area contributed by atoms with E-state index >= 15 is 0 Å². The van der Waals surface area contributed by atoms with Crippen LogP contribution in [0, 0.1) is 0 Å². The van der Waals surface area contributed by atoms with Crippen LogP contribution in [0.25, 0.3) is 0 Å². The molecule has 1 fully saturated rings. The van der Waals surface area contributed by atoms with E-state index in [-0.39, 0.29) is 0 Å². The lowest BCUT2D eigenvalue weighted by Crippen LogP contribution is -2.70. The van der Waals surface area contributed by atoms with Gasteiger partial charge in [0.25, 0.3) is 12.1 Å². The first-order valence-electron chi connectivity index (χ1n) is 6.08. The van der Waals surface area contributed by atoms with Crippen LogP contribution < -0.4 is 5.32 Å². The third kappa shape index (κ3) is 2.04. The van der Waals surface area contributed by atoms with E-state index in [1.54, 1.807) is 14.1 Å². The van der Waals surface area contributed by atoms with Crippen molar-refractivity contribution in [3.05, 3.63) is 12.3 Å². The number of imide groups is 1. The third-order valence-electron chi connectivity index (χ3n) is 3.58. The number of aliphatic hydroxyl groups excluding tert-OH is 3. The molecule has 1 unspecified atom stereocenters. The fraction of sp³-hybridized carbons (Fsp3) is 0.636. The molecule has 0 aromatic carbocycles. The molecule has 0 radical (unpaired) electrons. The SMILES string of the molecule is CN(C)[N+]1([C@@H]2O[C@H](CO)[C@@H](O)[C@H]2O)C=CC(=O)NC1=O. The van der Waals surface area contributed by atoms with E-state index in [1.807, 2.05) is 0 Å². The van der Waals surface area contributed by atoms with Crippen LogP contribution in [0.15, 0.2) is 12.3 Å². The molecule has 1 saturated heterocycles. The number of nitrogens with one attached hydrogen (secondary N) is 1. The molecule has 5 atom stereocenters. The second-order valence-electron chi connectivity index (χ2n) is 4.92. The van der Waals surface area contributed by atoms with E-state index in [4.69, 9.17) is 9.84 Å². The molecule has 9 nitrogen and oxygen atoms in total. The van der Waals surface area contributed by atoms with Gasteiger partial charge in [-0.25, -0.2) is 10.1 Å². The molecule has 4 N–H and O–H groups in total. The highest BCUT2D eigenvalue weighted by Gasteiger charge is 2.59. The Bertz CT molecular complexity index is 453. The van der Waals surface area contributed by atoms with Crippen LogP contribution in [-0.2, 0) is 9.53 Å². The van der Waals surface area contributed by atoms with Crippen LogP contribution in [0.4, 0.5) is 4.79 Å². The van der Waals surface area contributed by atoms with Gasteiger partial charge in [-0.05, 0) is 0 Å². The maximum Gasteiger partial charge on any atom is 0.450 e. The van der Waals surface area contributed by atoms with Crippen LogP contribution in [0.1, 0.15) is 0 Å². The van der Waals surface area contributed by atoms with Crippen molar-refractivity contribution < 1.29 is 34.2 Å². The molecular formula is C11H18N3O6+. The summed E-state index contributed by atoms with van der Waals surface area (Å²) < 4.78 is 4.76. The Hall–Kier alpha value is -1.36. The number of rotatable bonds is 3. The molecular weight excluding hydrogens is 270 g/mol. The Morgan fingerprint density at radius 2 is 2.00 bits per heavy atom. The van der Waals surface area contributed by atoms with Gasteiger partial charge in [-0.2, -0.15) is 0 Å². The van der Waals surface area contributed by atoms with Gasteiger partial charge >= 0.3 is 6.03 Å². The number of ether oxygens (including phenoxy) is 1. The molecule has 0 aromatic heterocycles. The van der Waals surface area contributed by atoms with Crippen LogP contribution in [0.3, 0.4) is 0 Å². The van der Waals surface area contributed by atoms with Crippen molar-refractivity contribution in [2.45, 2.75) is 24.5 Å². The Balaban J connectivity index is 2.42. The van der Waals surface area contributed by atoms with Gasteiger partial charge < -0.3 is 20.1 Å². The highest BCUT2D eigenvalue weighted by atomic mass is 16.6. The van der Waals surface area contributed by atoms with Gasteiger partial charge in [0.2, 0.25) is 0 Å². The zero-order chi connectivity index (χ0) is 15.1. The minimum absolute atomic E-state index is 0.494. The summed E-state index contributed by atoms with van der Waals surface area (Å²) in [4.78, 5) is 23.4. The molecule has 9 heteroatoms. The number of urea groups is 1. The van der Waals surface area contributed by atoms with E-state index in [9.17, 15) is 19.8 Å². The van der Waals surface area contributed by atoms with Crippen LogP contribution >= 0.6 is 0 Å². The lowest BCUT2D eigenvalue weighted by molar-refractivity contribution is -0.960. The molecule has 0 aliphatic carbocycles. The summed E-state index contributed by atoms with van der Waals surface area (Å²) in [6, 6.07) is -0.711. The number of hydrogen-bond acceptors (Lipinski definition) is 7. The average Bonchev–Trinajstić information content (AvgIpc) is 2.67. The lowest BCUT2D eigenvalue weighted by Gasteiger charge is -2.41. The summed E-state index contributed by atoms with van der Waals surface area (Å²) in [7, 11) is 3.13. The van der Waals surface area contributed by atoms with Gasteiger partial charge in [-0.15, -0.1) is 9.60 Å². The first kappa shape index (κ1) is 15.0. The Kier molecular flexibility index (Phi) is 3.91. The quantitative estimate of drug-likeness (QED) is 0.423. The van der Waals surface area contributed by atoms with Gasteiger partial charge in [0.15, 0.2) is 6.10 Å². The Labute approximate surface area is 115 Å². The molecule has 0 aromatic rings. The summed E-state index contributed by atoms with van der Waals surface area (Å²) in [5, 5.41) is 32.6. The first-order chi connectivity index (χ1) is 9.34. The summed E-state index contributed by atoms with van der Waals surface area (Å²) in [6.07, 6.45) is -2.44. The lowest BCUT2D eigenvalue weighted by atomic mass is 10.1. The molecule has 0 saturated carbocycles. The maximum atomic E-state index is 12.2. The fourth-order valence-electron chi connectivity index (χ4n) is 2.43. The van der Waals surface area contributed by atoms with Crippen molar-refractivity contribution in [2.24, 2.45) is 0 Å². The molecule has 112 valence electrons. The minimum Gasteiger partial charge on any atom is -0.394 e. The second-order valence-corrected chi connectivity index (χ2v) is 4.92. The van der Waals surface area contributed by atoms with E-state index in [0.29, 0.717) is 0 Å². The van der Waals surface area contributed by atoms with Gasteiger partial charge in [0.05, 0.1) is 12.7 Å².